The Morgan fingerprint density at radius 3 is 2.49 bits per heavy atom. The Hall–Kier alpha value is -3.23. The minimum absolute atomic E-state index is 0.0542. The van der Waals surface area contributed by atoms with Gasteiger partial charge in [0.15, 0.2) is 5.76 Å². The summed E-state index contributed by atoms with van der Waals surface area (Å²) < 4.78 is 5.87. The fraction of sp³-hybridized carbons (Fsp3) is 0.370. The van der Waals surface area contributed by atoms with Crippen LogP contribution in [0.15, 0.2) is 58.2 Å². The monoisotopic (exact) mass is 493 g/mol. The van der Waals surface area contributed by atoms with Crippen LogP contribution in [0.25, 0.3) is 10.6 Å². The van der Waals surface area contributed by atoms with Crippen LogP contribution in [0.4, 0.5) is 0 Å². The molecular formula is C27H31N3O4S. The van der Waals surface area contributed by atoms with Gasteiger partial charge in [0.1, 0.15) is 22.6 Å². The number of thiazole rings is 1. The van der Waals surface area contributed by atoms with Crippen LogP contribution >= 0.6 is 11.3 Å². The van der Waals surface area contributed by atoms with Gasteiger partial charge >= 0.3 is 0 Å². The zero-order valence-corrected chi connectivity index (χ0v) is 21.4. The van der Waals surface area contributed by atoms with Crippen molar-refractivity contribution >= 4 is 23.0 Å². The minimum atomic E-state index is -0.776. The lowest BCUT2D eigenvalue weighted by atomic mass is 9.99. The number of carbonyl (C=O) groups is 2. The van der Waals surface area contributed by atoms with Crippen molar-refractivity contribution in [3.05, 3.63) is 75.9 Å². The molecule has 0 unspecified atom stereocenters. The summed E-state index contributed by atoms with van der Waals surface area (Å²) in [6, 6.07) is 12.4. The number of ketones is 1. The number of hydrogen-bond donors (Lipinski definition) is 1. The molecule has 1 N–H and O–H groups in total. The lowest BCUT2D eigenvalue weighted by Gasteiger charge is -2.26. The second-order valence-electron chi connectivity index (χ2n) is 8.62. The molecule has 3 aromatic rings. The summed E-state index contributed by atoms with van der Waals surface area (Å²) in [6.45, 7) is 10.9. The van der Waals surface area contributed by atoms with Crippen LogP contribution in [0.1, 0.15) is 53.2 Å². The van der Waals surface area contributed by atoms with Crippen molar-refractivity contribution in [2.24, 2.45) is 0 Å². The molecule has 35 heavy (non-hydrogen) atoms. The van der Waals surface area contributed by atoms with Gasteiger partial charge in [-0.25, -0.2) is 4.98 Å². The number of furan rings is 1. The second-order valence-corrected chi connectivity index (χ2v) is 9.62. The first-order valence-electron chi connectivity index (χ1n) is 12.0. The van der Waals surface area contributed by atoms with E-state index in [4.69, 9.17) is 4.42 Å². The summed E-state index contributed by atoms with van der Waals surface area (Å²) in [6.07, 6.45) is 0.718. The minimum Gasteiger partial charge on any atom is -0.503 e. The average molecular weight is 494 g/mol. The Kier molecular flexibility index (Phi) is 7.52. The van der Waals surface area contributed by atoms with E-state index in [1.165, 1.54) is 11.3 Å². The van der Waals surface area contributed by atoms with E-state index >= 15 is 0 Å². The van der Waals surface area contributed by atoms with Gasteiger partial charge in [0.25, 0.3) is 5.91 Å². The first-order chi connectivity index (χ1) is 16.8. The van der Waals surface area contributed by atoms with Crippen molar-refractivity contribution < 1.29 is 19.1 Å². The molecule has 0 radical (unpaired) electrons. The number of aliphatic hydroxyl groups is 1. The highest BCUT2D eigenvalue weighted by atomic mass is 32.1. The molecule has 1 aliphatic heterocycles. The molecule has 1 atom stereocenters. The molecule has 2 aromatic heterocycles. The molecule has 0 saturated carbocycles. The van der Waals surface area contributed by atoms with Crippen LogP contribution in [0.5, 0.6) is 0 Å². The van der Waals surface area contributed by atoms with Gasteiger partial charge in [0, 0.05) is 12.1 Å². The van der Waals surface area contributed by atoms with Crippen LogP contribution in [-0.2, 0) is 4.79 Å². The lowest BCUT2D eigenvalue weighted by molar-refractivity contribution is -0.129. The number of benzene rings is 1. The maximum Gasteiger partial charge on any atom is 0.290 e. The zero-order chi connectivity index (χ0) is 25.1. The Morgan fingerprint density at radius 1 is 1.14 bits per heavy atom. The Balaban J connectivity index is 1.68. The van der Waals surface area contributed by atoms with Gasteiger partial charge in [-0.3, -0.25) is 9.59 Å². The number of Topliss-reactive ketones (excluding diaryl/α,β-unsaturated/α-hetero) is 1. The van der Waals surface area contributed by atoms with E-state index in [1.54, 1.807) is 24.0 Å². The molecule has 1 aliphatic rings. The fourth-order valence-electron chi connectivity index (χ4n) is 4.45. The molecule has 0 bridgehead atoms. The van der Waals surface area contributed by atoms with E-state index in [-0.39, 0.29) is 5.57 Å². The van der Waals surface area contributed by atoms with Gasteiger partial charge in [-0.2, -0.15) is 0 Å². The number of hydrogen-bond acceptors (Lipinski definition) is 7. The molecule has 8 heteroatoms. The zero-order valence-electron chi connectivity index (χ0n) is 20.6. The third-order valence-corrected chi connectivity index (χ3v) is 7.58. The Bertz CT molecular complexity index is 1240. The Labute approximate surface area is 209 Å². The van der Waals surface area contributed by atoms with E-state index in [2.05, 4.69) is 23.7 Å². The van der Waals surface area contributed by atoms with Gasteiger partial charge in [0.2, 0.25) is 5.78 Å². The van der Waals surface area contributed by atoms with E-state index in [0.717, 1.165) is 36.6 Å². The SMILES string of the molecule is CCN(CC)CCCN1C(=O)C(O)=C(C(=O)c2sc(-c3ccccc3)nc2C)[C@H]1c1ccc(C)o1. The van der Waals surface area contributed by atoms with Crippen molar-refractivity contribution in [2.75, 3.05) is 26.2 Å². The highest BCUT2D eigenvalue weighted by Crippen LogP contribution is 2.41. The van der Waals surface area contributed by atoms with E-state index in [9.17, 15) is 14.7 Å². The summed E-state index contributed by atoms with van der Waals surface area (Å²) in [4.78, 5) is 35.8. The van der Waals surface area contributed by atoms with Crippen LogP contribution in [-0.4, -0.2) is 57.8 Å². The molecule has 1 aromatic carbocycles. The maximum atomic E-state index is 13.8. The van der Waals surface area contributed by atoms with E-state index in [0.29, 0.717) is 28.6 Å². The third kappa shape index (κ3) is 4.94. The second kappa shape index (κ2) is 10.6. The standard InChI is InChI=1S/C27H31N3O4S/c1-5-29(6-2)15-10-16-30-22(20-14-13-17(3)34-20)21(24(32)27(30)33)23(31)25-18(4)28-26(35-25)19-11-8-7-9-12-19/h7-9,11-14,22,32H,5-6,10,15-16H2,1-4H3/t22-/m1/s1. The van der Waals surface area contributed by atoms with Crippen molar-refractivity contribution in [3.8, 4) is 10.6 Å². The smallest absolute Gasteiger partial charge is 0.290 e. The summed E-state index contributed by atoms with van der Waals surface area (Å²) in [5.41, 5.74) is 1.54. The highest BCUT2D eigenvalue weighted by Gasteiger charge is 2.45. The van der Waals surface area contributed by atoms with Gasteiger partial charge in [-0.1, -0.05) is 44.2 Å². The van der Waals surface area contributed by atoms with E-state index < -0.39 is 23.5 Å². The summed E-state index contributed by atoms with van der Waals surface area (Å²) in [7, 11) is 0. The van der Waals surface area contributed by atoms with Crippen LogP contribution in [0.3, 0.4) is 0 Å². The molecule has 0 spiro atoms. The lowest BCUT2D eigenvalue weighted by Crippen LogP contribution is -2.34. The normalized spacial score (nSPS) is 16.1. The molecule has 7 nitrogen and oxygen atoms in total. The average Bonchev–Trinajstić information content (AvgIpc) is 3.54. The van der Waals surface area contributed by atoms with Crippen molar-refractivity contribution in [1.82, 2.24) is 14.8 Å². The quantitative estimate of drug-likeness (QED) is 0.384. The predicted molar refractivity (Wildman–Crippen MR) is 137 cm³/mol. The topological polar surface area (TPSA) is 86.9 Å². The number of rotatable bonds is 10. The molecular weight excluding hydrogens is 462 g/mol. The van der Waals surface area contributed by atoms with Crippen LogP contribution in [0.2, 0.25) is 0 Å². The molecule has 0 fully saturated rings. The van der Waals surface area contributed by atoms with Gasteiger partial charge < -0.3 is 19.3 Å². The van der Waals surface area contributed by atoms with Crippen molar-refractivity contribution in [3.63, 3.8) is 0 Å². The van der Waals surface area contributed by atoms with Crippen molar-refractivity contribution in [1.29, 1.82) is 0 Å². The number of carbonyl (C=O) groups excluding carboxylic acids is 2. The molecule has 184 valence electrons. The van der Waals surface area contributed by atoms with Crippen LogP contribution in [0, 0.1) is 13.8 Å². The summed E-state index contributed by atoms with van der Waals surface area (Å²) in [5.74, 6) is -0.299. The fourth-order valence-corrected chi connectivity index (χ4v) is 5.48. The van der Waals surface area contributed by atoms with Gasteiger partial charge in [-0.05, 0) is 52.0 Å². The number of nitrogens with zero attached hydrogens (tertiary/aromatic N) is 3. The summed E-state index contributed by atoms with van der Waals surface area (Å²) >= 11 is 1.27. The largest absolute Gasteiger partial charge is 0.503 e. The highest BCUT2D eigenvalue weighted by molar-refractivity contribution is 7.17. The predicted octanol–water partition coefficient (Wildman–Crippen LogP) is 5.33. The first kappa shape index (κ1) is 24.9. The van der Waals surface area contributed by atoms with Crippen LogP contribution < -0.4 is 0 Å². The molecule has 1 amide bonds. The van der Waals surface area contributed by atoms with Gasteiger partial charge in [-0.15, -0.1) is 11.3 Å². The van der Waals surface area contributed by atoms with Gasteiger partial charge in [0.05, 0.1) is 16.1 Å². The van der Waals surface area contributed by atoms with Crippen molar-refractivity contribution in [2.45, 2.75) is 40.2 Å². The summed E-state index contributed by atoms with van der Waals surface area (Å²) in [5, 5.41) is 11.6. The van der Waals surface area contributed by atoms with E-state index in [1.807, 2.05) is 37.3 Å². The molecule has 0 aliphatic carbocycles. The third-order valence-electron chi connectivity index (χ3n) is 6.37. The molecule has 3 heterocycles. The number of amides is 1. The number of aryl methyl sites for hydroxylation is 2. The number of aliphatic hydroxyl groups excluding tert-OH is 1. The Morgan fingerprint density at radius 2 is 1.86 bits per heavy atom. The number of aromatic nitrogens is 1. The molecule has 0 saturated heterocycles. The molecule has 4 rings (SSSR count). The first-order valence-corrected chi connectivity index (χ1v) is 12.8. The maximum absolute atomic E-state index is 13.8.